The first-order chi connectivity index (χ1) is 6.66. The highest BCUT2D eigenvalue weighted by Crippen LogP contribution is 2.13. The third-order valence-corrected chi connectivity index (χ3v) is 3.38. The molecule has 2 nitrogen and oxygen atoms in total. The number of hydrogen-bond donors (Lipinski definition) is 2. The van der Waals surface area contributed by atoms with Crippen LogP contribution in [0.15, 0.2) is 0 Å². The molecule has 0 heterocycles. The standard InChI is InChI=1S/C11H24N2S/c1-3-10(2)8-6-4-5-7-9-14-11(12)13/h10H,3-9H2,1-2H3,(H3,12,13)/p+1. The quantitative estimate of drug-likeness (QED) is 0.370. The summed E-state index contributed by atoms with van der Waals surface area (Å²) in [5.74, 6) is 1.98. The van der Waals surface area contributed by atoms with E-state index in [1.165, 1.54) is 38.5 Å². The Morgan fingerprint density at radius 3 is 2.50 bits per heavy atom. The summed E-state index contributed by atoms with van der Waals surface area (Å²) in [5, 5.41) is 5.85. The van der Waals surface area contributed by atoms with E-state index in [0.717, 1.165) is 11.7 Å². The van der Waals surface area contributed by atoms with E-state index in [1.807, 2.05) is 0 Å². The number of nitrogens with two attached hydrogens (primary N) is 2. The Hall–Kier alpha value is -0.180. The van der Waals surface area contributed by atoms with Crippen molar-refractivity contribution < 1.29 is 5.41 Å². The molecule has 0 amide bonds. The molecule has 0 rings (SSSR count). The zero-order valence-corrected chi connectivity index (χ0v) is 10.4. The normalized spacial score (nSPS) is 12.7. The minimum Gasteiger partial charge on any atom is -0.282 e. The van der Waals surface area contributed by atoms with Crippen molar-refractivity contribution in [2.75, 3.05) is 5.75 Å². The Balaban J connectivity index is 3.02. The van der Waals surface area contributed by atoms with E-state index in [-0.39, 0.29) is 0 Å². The molecular weight excluding hydrogens is 192 g/mol. The third-order valence-electron chi connectivity index (χ3n) is 2.56. The topological polar surface area (TPSA) is 51.6 Å². The molecule has 1 unspecified atom stereocenters. The lowest BCUT2D eigenvalue weighted by atomic mass is 10.0. The SMILES string of the molecule is CCC(C)CCCCCCSC(N)=[NH2+]. The van der Waals surface area contributed by atoms with Gasteiger partial charge in [0.1, 0.15) is 0 Å². The second kappa shape index (κ2) is 9.38. The lowest BCUT2D eigenvalue weighted by Crippen LogP contribution is -2.43. The van der Waals surface area contributed by atoms with Crippen LogP contribution in [0, 0.1) is 5.92 Å². The Labute approximate surface area is 92.5 Å². The van der Waals surface area contributed by atoms with Crippen LogP contribution in [0.25, 0.3) is 0 Å². The van der Waals surface area contributed by atoms with E-state index in [4.69, 9.17) is 11.1 Å². The Morgan fingerprint density at radius 1 is 1.29 bits per heavy atom. The Kier molecular flexibility index (Phi) is 9.26. The van der Waals surface area contributed by atoms with Gasteiger partial charge in [0.2, 0.25) is 0 Å². The number of amidine groups is 1. The highest BCUT2D eigenvalue weighted by atomic mass is 32.2. The number of hydrogen-bond acceptors (Lipinski definition) is 1. The maximum absolute atomic E-state index is 5.35. The Morgan fingerprint density at radius 2 is 1.93 bits per heavy atom. The van der Waals surface area contributed by atoms with Crippen LogP contribution in [0.1, 0.15) is 52.4 Å². The molecule has 0 saturated carbocycles. The largest absolute Gasteiger partial charge is 0.299 e. The molecule has 0 radical (unpaired) electrons. The van der Waals surface area contributed by atoms with Gasteiger partial charge in [-0.1, -0.05) is 46.0 Å². The molecule has 14 heavy (non-hydrogen) atoms. The van der Waals surface area contributed by atoms with Crippen molar-refractivity contribution in [2.24, 2.45) is 11.7 Å². The van der Waals surface area contributed by atoms with Gasteiger partial charge in [0.25, 0.3) is 5.17 Å². The first kappa shape index (κ1) is 13.8. The second-order valence-electron chi connectivity index (χ2n) is 3.97. The van der Waals surface area contributed by atoms with Gasteiger partial charge in [-0.3, -0.25) is 11.1 Å². The summed E-state index contributed by atoms with van der Waals surface area (Å²) in [7, 11) is 0. The van der Waals surface area contributed by atoms with Gasteiger partial charge in [0.05, 0.1) is 0 Å². The van der Waals surface area contributed by atoms with Crippen molar-refractivity contribution in [1.82, 2.24) is 0 Å². The number of thioether (sulfide) groups is 1. The smallest absolute Gasteiger partial charge is 0.282 e. The first-order valence-electron chi connectivity index (χ1n) is 5.67. The number of rotatable bonds is 8. The van der Waals surface area contributed by atoms with Crippen LogP contribution in [0.2, 0.25) is 0 Å². The monoisotopic (exact) mass is 217 g/mol. The molecule has 0 aromatic heterocycles. The lowest BCUT2D eigenvalue weighted by molar-refractivity contribution is -0.110. The van der Waals surface area contributed by atoms with Gasteiger partial charge in [-0.2, -0.15) is 0 Å². The van der Waals surface area contributed by atoms with E-state index in [9.17, 15) is 0 Å². The van der Waals surface area contributed by atoms with Crippen LogP contribution in [-0.4, -0.2) is 10.9 Å². The van der Waals surface area contributed by atoms with Gasteiger partial charge in [-0.25, -0.2) is 0 Å². The minimum absolute atomic E-state index is 0.504. The number of unbranched alkanes of at least 4 members (excludes halogenated alkanes) is 3. The molecule has 0 aliphatic heterocycles. The molecule has 1 atom stereocenters. The van der Waals surface area contributed by atoms with Crippen molar-refractivity contribution >= 4 is 16.9 Å². The predicted molar refractivity (Wildman–Crippen MR) is 66.1 cm³/mol. The van der Waals surface area contributed by atoms with Crippen LogP contribution < -0.4 is 11.1 Å². The molecular formula is C11H25N2S+. The van der Waals surface area contributed by atoms with Crippen molar-refractivity contribution in [3.8, 4) is 0 Å². The molecule has 0 aromatic rings. The fourth-order valence-corrected chi connectivity index (χ4v) is 1.93. The summed E-state index contributed by atoms with van der Waals surface area (Å²) in [6.45, 7) is 4.60. The first-order valence-corrected chi connectivity index (χ1v) is 6.66. The van der Waals surface area contributed by atoms with E-state index in [0.29, 0.717) is 5.17 Å². The minimum atomic E-state index is 0.504. The summed E-state index contributed by atoms with van der Waals surface area (Å²) < 4.78 is 0. The summed E-state index contributed by atoms with van der Waals surface area (Å²) in [4.78, 5) is 0. The molecule has 0 aromatic carbocycles. The van der Waals surface area contributed by atoms with Crippen LogP contribution in [0.5, 0.6) is 0 Å². The highest BCUT2D eigenvalue weighted by Gasteiger charge is 1.99. The molecule has 0 fully saturated rings. The third kappa shape index (κ3) is 9.90. The molecule has 0 spiro atoms. The van der Waals surface area contributed by atoms with Gasteiger partial charge in [0, 0.05) is 5.75 Å². The average Bonchev–Trinajstić information content (AvgIpc) is 2.15. The van der Waals surface area contributed by atoms with E-state index < -0.39 is 0 Å². The van der Waals surface area contributed by atoms with Gasteiger partial charge in [0.15, 0.2) is 0 Å². The van der Waals surface area contributed by atoms with Gasteiger partial charge in [-0.05, 0) is 24.1 Å². The predicted octanol–water partition coefficient (Wildman–Crippen LogP) is 1.79. The van der Waals surface area contributed by atoms with Crippen molar-refractivity contribution in [2.45, 2.75) is 52.4 Å². The zero-order chi connectivity index (χ0) is 10.8. The van der Waals surface area contributed by atoms with Gasteiger partial charge < -0.3 is 0 Å². The lowest BCUT2D eigenvalue weighted by Gasteiger charge is -2.06. The summed E-state index contributed by atoms with van der Waals surface area (Å²) in [6.07, 6.45) is 7.99. The fourth-order valence-electron chi connectivity index (χ4n) is 1.34. The van der Waals surface area contributed by atoms with Crippen LogP contribution >= 0.6 is 11.8 Å². The van der Waals surface area contributed by atoms with Crippen molar-refractivity contribution in [3.05, 3.63) is 0 Å². The highest BCUT2D eigenvalue weighted by molar-refractivity contribution is 8.13. The second-order valence-corrected chi connectivity index (χ2v) is 5.14. The maximum atomic E-state index is 5.35. The van der Waals surface area contributed by atoms with Crippen molar-refractivity contribution in [1.29, 1.82) is 0 Å². The molecule has 0 aliphatic rings. The Bertz CT molecular complexity index is 148. The van der Waals surface area contributed by atoms with E-state index in [2.05, 4.69) is 13.8 Å². The fraction of sp³-hybridized carbons (Fsp3) is 0.909. The summed E-state index contributed by atoms with van der Waals surface area (Å²) in [6, 6.07) is 0. The molecule has 0 aliphatic carbocycles. The summed E-state index contributed by atoms with van der Waals surface area (Å²) >= 11 is 1.57. The molecule has 84 valence electrons. The molecule has 3 heteroatoms. The zero-order valence-electron chi connectivity index (χ0n) is 9.59. The van der Waals surface area contributed by atoms with Crippen LogP contribution in [-0.2, 0) is 0 Å². The average molecular weight is 217 g/mol. The van der Waals surface area contributed by atoms with Crippen molar-refractivity contribution in [3.63, 3.8) is 0 Å². The van der Waals surface area contributed by atoms with Crippen LogP contribution in [0.4, 0.5) is 0 Å². The van der Waals surface area contributed by atoms with E-state index >= 15 is 0 Å². The van der Waals surface area contributed by atoms with Crippen LogP contribution in [0.3, 0.4) is 0 Å². The van der Waals surface area contributed by atoms with E-state index in [1.54, 1.807) is 11.8 Å². The van der Waals surface area contributed by atoms with Gasteiger partial charge in [-0.15, -0.1) is 0 Å². The molecule has 0 saturated heterocycles. The van der Waals surface area contributed by atoms with Gasteiger partial charge >= 0.3 is 0 Å². The summed E-state index contributed by atoms with van der Waals surface area (Å²) in [5.41, 5.74) is 5.35. The molecule has 0 bridgehead atoms. The maximum Gasteiger partial charge on any atom is 0.299 e. The molecule has 4 N–H and O–H groups in total.